The van der Waals surface area contributed by atoms with E-state index in [4.69, 9.17) is 15.2 Å². The third kappa shape index (κ3) is 7.26. The number of hydrogen-bond acceptors (Lipinski definition) is 4. The number of rotatable bonds is 9. The SMILES string of the molecule is CC(C)COCCOC(=O)[C@@H](N)CCc1ccccc1. The maximum absolute atomic E-state index is 11.7. The second-order valence-electron chi connectivity index (χ2n) is 5.27. The molecule has 0 aliphatic rings. The smallest absolute Gasteiger partial charge is 0.323 e. The molecular weight excluding hydrogens is 254 g/mol. The van der Waals surface area contributed by atoms with Gasteiger partial charge in [-0.3, -0.25) is 4.79 Å². The Labute approximate surface area is 121 Å². The Hall–Kier alpha value is -1.39. The Bertz CT molecular complexity index is 379. The quantitative estimate of drug-likeness (QED) is 0.556. The number of hydrogen-bond donors (Lipinski definition) is 1. The molecule has 112 valence electrons. The van der Waals surface area contributed by atoms with Crippen molar-refractivity contribution in [2.24, 2.45) is 11.7 Å². The van der Waals surface area contributed by atoms with Gasteiger partial charge in [0.15, 0.2) is 0 Å². The zero-order chi connectivity index (χ0) is 14.8. The van der Waals surface area contributed by atoms with Gasteiger partial charge in [-0.05, 0) is 24.3 Å². The van der Waals surface area contributed by atoms with Gasteiger partial charge in [-0.1, -0.05) is 44.2 Å². The van der Waals surface area contributed by atoms with E-state index in [1.54, 1.807) is 0 Å². The molecule has 0 spiro atoms. The van der Waals surface area contributed by atoms with Crippen molar-refractivity contribution in [1.82, 2.24) is 0 Å². The van der Waals surface area contributed by atoms with E-state index >= 15 is 0 Å². The van der Waals surface area contributed by atoms with Crippen LogP contribution in [0.15, 0.2) is 30.3 Å². The van der Waals surface area contributed by atoms with E-state index in [2.05, 4.69) is 13.8 Å². The zero-order valence-electron chi connectivity index (χ0n) is 12.4. The molecule has 0 radical (unpaired) electrons. The summed E-state index contributed by atoms with van der Waals surface area (Å²) >= 11 is 0. The van der Waals surface area contributed by atoms with Crippen LogP contribution >= 0.6 is 0 Å². The molecule has 0 aliphatic heterocycles. The Morgan fingerprint density at radius 2 is 1.90 bits per heavy atom. The molecule has 4 heteroatoms. The van der Waals surface area contributed by atoms with Gasteiger partial charge in [-0.2, -0.15) is 0 Å². The maximum atomic E-state index is 11.7. The van der Waals surface area contributed by atoms with Gasteiger partial charge in [-0.25, -0.2) is 0 Å². The molecule has 0 aromatic heterocycles. The fourth-order valence-corrected chi connectivity index (χ4v) is 1.71. The second kappa shape index (κ2) is 9.50. The topological polar surface area (TPSA) is 61.5 Å². The van der Waals surface area contributed by atoms with Crippen LogP contribution in [0.2, 0.25) is 0 Å². The molecule has 4 nitrogen and oxygen atoms in total. The summed E-state index contributed by atoms with van der Waals surface area (Å²) in [6.07, 6.45) is 1.37. The van der Waals surface area contributed by atoms with Crippen LogP contribution in [0.25, 0.3) is 0 Å². The van der Waals surface area contributed by atoms with E-state index in [0.29, 0.717) is 25.6 Å². The summed E-state index contributed by atoms with van der Waals surface area (Å²) in [6.45, 7) is 5.52. The van der Waals surface area contributed by atoms with Crippen LogP contribution in [0, 0.1) is 5.92 Å². The van der Waals surface area contributed by atoms with Crippen molar-refractivity contribution in [3.05, 3.63) is 35.9 Å². The average Bonchev–Trinajstić information content (AvgIpc) is 2.45. The predicted octanol–water partition coefficient (Wildman–Crippen LogP) is 2.16. The minimum absolute atomic E-state index is 0.268. The molecule has 20 heavy (non-hydrogen) atoms. The summed E-state index contributed by atoms with van der Waals surface area (Å²) in [6, 6.07) is 9.40. The van der Waals surface area contributed by atoms with Gasteiger partial charge in [0, 0.05) is 6.61 Å². The van der Waals surface area contributed by atoms with Crippen LogP contribution in [0.1, 0.15) is 25.8 Å². The molecule has 0 saturated heterocycles. The highest BCUT2D eigenvalue weighted by Gasteiger charge is 2.14. The summed E-state index contributed by atoms with van der Waals surface area (Å²) in [5.74, 6) is 0.132. The van der Waals surface area contributed by atoms with Crippen molar-refractivity contribution >= 4 is 5.97 Å². The van der Waals surface area contributed by atoms with Crippen molar-refractivity contribution in [3.8, 4) is 0 Å². The summed E-state index contributed by atoms with van der Waals surface area (Å²) in [7, 11) is 0. The monoisotopic (exact) mass is 279 g/mol. The van der Waals surface area contributed by atoms with E-state index in [9.17, 15) is 4.79 Å². The van der Waals surface area contributed by atoms with Crippen molar-refractivity contribution in [3.63, 3.8) is 0 Å². The van der Waals surface area contributed by atoms with Crippen LogP contribution in [0.5, 0.6) is 0 Å². The number of carbonyl (C=O) groups is 1. The number of esters is 1. The number of carbonyl (C=O) groups excluding carboxylic acids is 1. The molecule has 1 rings (SSSR count). The molecule has 0 bridgehead atoms. The first-order valence-electron chi connectivity index (χ1n) is 7.13. The summed E-state index contributed by atoms with van der Waals surface area (Å²) in [4.78, 5) is 11.7. The first kappa shape index (κ1) is 16.7. The molecule has 0 fully saturated rings. The van der Waals surface area contributed by atoms with Gasteiger partial charge < -0.3 is 15.2 Å². The normalized spacial score (nSPS) is 12.4. The molecule has 0 unspecified atom stereocenters. The number of benzene rings is 1. The summed E-state index contributed by atoms with van der Waals surface area (Å²) in [5, 5.41) is 0. The highest BCUT2D eigenvalue weighted by Crippen LogP contribution is 2.05. The van der Waals surface area contributed by atoms with E-state index < -0.39 is 6.04 Å². The third-order valence-corrected chi connectivity index (χ3v) is 2.81. The van der Waals surface area contributed by atoms with E-state index in [1.807, 2.05) is 30.3 Å². The van der Waals surface area contributed by atoms with Gasteiger partial charge in [0.25, 0.3) is 0 Å². The maximum Gasteiger partial charge on any atom is 0.323 e. The Morgan fingerprint density at radius 3 is 2.55 bits per heavy atom. The summed E-state index contributed by atoms with van der Waals surface area (Å²) < 4.78 is 10.4. The highest BCUT2D eigenvalue weighted by atomic mass is 16.6. The van der Waals surface area contributed by atoms with Crippen molar-refractivity contribution in [2.75, 3.05) is 19.8 Å². The van der Waals surface area contributed by atoms with Crippen LogP contribution in [0.3, 0.4) is 0 Å². The Balaban J connectivity index is 2.13. The molecule has 1 aromatic rings. The third-order valence-electron chi connectivity index (χ3n) is 2.81. The van der Waals surface area contributed by atoms with Gasteiger partial charge in [0.1, 0.15) is 12.6 Å². The van der Waals surface area contributed by atoms with Crippen LogP contribution in [-0.4, -0.2) is 31.8 Å². The Morgan fingerprint density at radius 1 is 1.20 bits per heavy atom. The van der Waals surface area contributed by atoms with Gasteiger partial charge in [0.2, 0.25) is 0 Å². The lowest BCUT2D eigenvalue weighted by Crippen LogP contribution is -2.33. The lowest BCUT2D eigenvalue weighted by atomic mass is 10.1. The van der Waals surface area contributed by atoms with Crippen molar-refractivity contribution in [1.29, 1.82) is 0 Å². The van der Waals surface area contributed by atoms with E-state index in [1.165, 1.54) is 5.56 Å². The number of ether oxygens (including phenoxy) is 2. The molecular formula is C16H25NO3. The van der Waals surface area contributed by atoms with Gasteiger partial charge in [-0.15, -0.1) is 0 Å². The van der Waals surface area contributed by atoms with Crippen LogP contribution in [0.4, 0.5) is 0 Å². The second-order valence-corrected chi connectivity index (χ2v) is 5.27. The van der Waals surface area contributed by atoms with Crippen LogP contribution < -0.4 is 5.73 Å². The predicted molar refractivity (Wildman–Crippen MR) is 79.4 cm³/mol. The minimum atomic E-state index is -0.569. The molecule has 0 saturated carbocycles. The fraction of sp³-hybridized carbons (Fsp3) is 0.562. The lowest BCUT2D eigenvalue weighted by Gasteiger charge is -2.12. The average molecular weight is 279 g/mol. The van der Waals surface area contributed by atoms with Gasteiger partial charge in [0.05, 0.1) is 6.61 Å². The van der Waals surface area contributed by atoms with Gasteiger partial charge >= 0.3 is 5.97 Å². The molecule has 0 aliphatic carbocycles. The van der Waals surface area contributed by atoms with Crippen LogP contribution in [-0.2, 0) is 20.7 Å². The fourth-order valence-electron chi connectivity index (χ4n) is 1.71. The summed E-state index contributed by atoms with van der Waals surface area (Å²) in [5.41, 5.74) is 6.99. The number of aryl methyl sites for hydroxylation is 1. The van der Waals surface area contributed by atoms with E-state index in [0.717, 1.165) is 6.42 Å². The molecule has 0 amide bonds. The Kier molecular flexibility index (Phi) is 7.92. The lowest BCUT2D eigenvalue weighted by molar-refractivity contribution is -0.147. The minimum Gasteiger partial charge on any atom is -0.462 e. The first-order chi connectivity index (χ1) is 9.59. The number of nitrogens with two attached hydrogens (primary N) is 1. The standard InChI is InChI=1S/C16H25NO3/c1-13(2)12-19-10-11-20-16(18)15(17)9-8-14-6-4-3-5-7-14/h3-7,13,15H,8-12,17H2,1-2H3/t15-/m0/s1. The molecule has 0 heterocycles. The van der Waals surface area contributed by atoms with E-state index in [-0.39, 0.29) is 12.6 Å². The first-order valence-corrected chi connectivity index (χ1v) is 7.13. The molecule has 1 atom stereocenters. The van der Waals surface area contributed by atoms with Crippen molar-refractivity contribution in [2.45, 2.75) is 32.7 Å². The molecule has 2 N–H and O–H groups in total. The zero-order valence-corrected chi connectivity index (χ0v) is 12.4. The largest absolute Gasteiger partial charge is 0.462 e. The highest BCUT2D eigenvalue weighted by molar-refractivity contribution is 5.75. The van der Waals surface area contributed by atoms with Crippen molar-refractivity contribution < 1.29 is 14.3 Å². The molecule has 1 aromatic carbocycles.